The molecule has 1 unspecified atom stereocenters. The molecule has 2 fully saturated rings. The molecular formula is C16H28N2O3. The molecule has 1 saturated heterocycles. The van der Waals surface area contributed by atoms with Crippen molar-refractivity contribution in [1.82, 2.24) is 10.2 Å². The Hall–Kier alpha value is -1.10. The maximum absolute atomic E-state index is 12.3. The van der Waals surface area contributed by atoms with Crippen molar-refractivity contribution in [1.29, 1.82) is 0 Å². The van der Waals surface area contributed by atoms with Gasteiger partial charge in [0.25, 0.3) is 0 Å². The number of carbonyl (C=O) groups is 2. The minimum absolute atomic E-state index is 0.125. The number of hydrogen-bond acceptors (Lipinski definition) is 3. The lowest BCUT2D eigenvalue weighted by Crippen LogP contribution is -2.48. The van der Waals surface area contributed by atoms with Crippen LogP contribution in [-0.4, -0.2) is 47.6 Å². The Kier molecular flexibility index (Phi) is 6.03. The number of aliphatic carboxylic acids is 1. The van der Waals surface area contributed by atoms with Crippen molar-refractivity contribution in [3.63, 3.8) is 0 Å². The van der Waals surface area contributed by atoms with Crippen molar-refractivity contribution in [2.24, 2.45) is 11.8 Å². The van der Waals surface area contributed by atoms with Crippen molar-refractivity contribution >= 4 is 11.9 Å². The van der Waals surface area contributed by atoms with E-state index < -0.39 is 5.97 Å². The first-order valence-electron chi connectivity index (χ1n) is 8.33. The summed E-state index contributed by atoms with van der Waals surface area (Å²) in [5, 5.41) is 12.3. The highest BCUT2D eigenvalue weighted by atomic mass is 16.4. The third-order valence-corrected chi connectivity index (χ3v) is 4.95. The van der Waals surface area contributed by atoms with Gasteiger partial charge in [0.1, 0.15) is 0 Å². The summed E-state index contributed by atoms with van der Waals surface area (Å²) in [6.07, 6.45) is 6.93. The zero-order valence-electron chi connectivity index (χ0n) is 13.0. The summed E-state index contributed by atoms with van der Waals surface area (Å²) in [7, 11) is 0. The molecule has 2 rings (SSSR count). The van der Waals surface area contributed by atoms with Gasteiger partial charge < -0.3 is 15.3 Å². The maximum atomic E-state index is 12.3. The SMILES string of the molecule is CC(NCC1CCC(C(=O)O)CC1)C(=O)N1CCCCC1. The number of nitrogens with zero attached hydrogens (tertiary/aromatic N) is 1. The Balaban J connectivity index is 1.68. The van der Waals surface area contributed by atoms with Gasteiger partial charge >= 0.3 is 5.97 Å². The van der Waals surface area contributed by atoms with E-state index in [2.05, 4.69) is 5.32 Å². The lowest BCUT2D eigenvalue weighted by atomic mass is 9.82. The molecule has 5 nitrogen and oxygen atoms in total. The second-order valence-corrected chi connectivity index (χ2v) is 6.57. The van der Waals surface area contributed by atoms with Crippen LogP contribution in [0.3, 0.4) is 0 Å². The van der Waals surface area contributed by atoms with Crippen LogP contribution in [0.2, 0.25) is 0 Å². The first kappa shape index (κ1) is 16.3. The van der Waals surface area contributed by atoms with Gasteiger partial charge in [0, 0.05) is 13.1 Å². The fourth-order valence-electron chi connectivity index (χ4n) is 3.43. The molecule has 1 amide bonds. The molecule has 0 aromatic carbocycles. The second-order valence-electron chi connectivity index (χ2n) is 6.57. The number of rotatable bonds is 5. The summed E-state index contributed by atoms with van der Waals surface area (Å²) >= 11 is 0. The van der Waals surface area contributed by atoms with Crippen molar-refractivity contribution in [3.8, 4) is 0 Å². The average molecular weight is 296 g/mol. The van der Waals surface area contributed by atoms with Crippen LogP contribution < -0.4 is 5.32 Å². The Labute approximate surface area is 127 Å². The van der Waals surface area contributed by atoms with Crippen molar-refractivity contribution in [2.75, 3.05) is 19.6 Å². The van der Waals surface area contributed by atoms with Crippen LogP contribution in [0.1, 0.15) is 51.9 Å². The molecule has 1 atom stereocenters. The zero-order chi connectivity index (χ0) is 15.2. The number of hydrogen-bond donors (Lipinski definition) is 2. The third-order valence-electron chi connectivity index (χ3n) is 4.95. The number of carboxylic acid groups (broad SMARTS) is 1. The van der Waals surface area contributed by atoms with Crippen molar-refractivity contribution in [3.05, 3.63) is 0 Å². The molecule has 21 heavy (non-hydrogen) atoms. The first-order valence-corrected chi connectivity index (χ1v) is 8.33. The van der Waals surface area contributed by atoms with Crippen LogP contribution in [0.25, 0.3) is 0 Å². The van der Waals surface area contributed by atoms with E-state index in [1.807, 2.05) is 11.8 Å². The normalized spacial score (nSPS) is 28.1. The van der Waals surface area contributed by atoms with E-state index in [9.17, 15) is 9.59 Å². The molecule has 2 aliphatic rings. The minimum atomic E-state index is -0.657. The molecule has 0 aromatic heterocycles. The molecule has 1 heterocycles. The van der Waals surface area contributed by atoms with E-state index in [1.54, 1.807) is 0 Å². The Morgan fingerprint density at radius 1 is 1.14 bits per heavy atom. The summed E-state index contributed by atoms with van der Waals surface area (Å²) in [5.74, 6) is -0.0881. The predicted molar refractivity (Wildman–Crippen MR) is 81.0 cm³/mol. The largest absolute Gasteiger partial charge is 0.481 e. The van der Waals surface area contributed by atoms with Gasteiger partial charge in [0.05, 0.1) is 12.0 Å². The predicted octanol–water partition coefficient (Wildman–Crippen LogP) is 1.87. The Morgan fingerprint density at radius 3 is 2.33 bits per heavy atom. The van der Waals surface area contributed by atoms with Crippen LogP contribution in [0.5, 0.6) is 0 Å². The molecule has 5 heteroatoms. The van der Waals surface area contributed by atoms with Crippen LogP contribution >= 0.6 is 0 Å². The first-order chi connectivity index (χ1) is 10.1. The number of likely N-dealkylation sites (tertiary alicyclic amines) is 1. The zero-order valence-corrected chi connectivity index (χ0v) is 13.0. The molecule has 0 bridgehead atoms. The van der Waals surface area contributed by atoms with E-state index in [4.69, 9.17) is 5.11 Å². The summed E-state index contributed by atoms with van der Waals surface area (Å²) in [6.45, 7) is 4.57. The van der Waals surface area contributed by atoms with Crippen molar-refractivity contribution in [2.45, 2.75) is 57.9 Å². The molecule has 2 N–H and O–H groups in total. The quantitative estimate of drug-likeness (QED) is 0.812. The molecule has 1 aliphatic heterocycles. The van der Waals surface area contributed by atoms with Crippen molar-refractivity contribution < 1.29 is 14.7 Å². The average Bonchev–Trinajstić information content (AvgIpc) is 2.53. The number of amides is 1. The van der Waals surface area contributed by atoms with Crippen LogP contribution in [0.15, 0.2) is 0 Å². The molecule has 0 spiro atoms. The summed E-state index contributed by atoms with van der Waals surface area (Å²) in [5.41, 5.74) is 0. The lowest BCUT2D eigenvalue weighted by molar-refractivity contribution is -0.143. The maximum Gasteiger partial charge on any atom is 0.306 e. The van der Waals surface area contributed by atoms with Crippen LogP contribution in [0.4, 0.5) is 0 Å². The molecule has 0 radical (unpaired) electrons. The smallest absolute Gasteiger partial charge is 0.306 e. The fraction of sp³-hybridized carbons (Fsp3) is 0.875. The van der Waals surface area contributed by atoms with Gasteiger partial charge in [-0.3, -0.25) is 9.59 Å². The number of piperidine rings is 1. The van der Waals surface area contributed by atoms with Gasteiger partial charge in [-0.2, -0.15) is 0 Å². The monoisotopic (exact) mass is 296 g/mol. The highest BCUT2D eigenvalue weighted by Crippen LogP contribution is 2.28. The minimum Gasteiger partial charge on any atom is -0.481 e. The summed E-state index contributed by atoms with van der Waals surface area (Å²) in [6, 6.07) is -0.125. The number of carbonyl (C=O) groups excluding carboxylic acids is 1. The third kappa shape index (κ3) is 4.70. The Morgan fingerprint density at radius 2 is 1.76 bits per heavy atom. The van der Waals surface area contributed by atoms with Crippen LogP contribution in [0, 0.1) is 11.8 Å². The van der Waals surface area contributed by atoms with Gasteiger partial charge in [-0.25, -0.2) is 0 Å². The summed E-state index contributed by atoms with van der Waals surface area (Å²) in [4.78, 5) is 25.2. The highest BCUT2D eigenvalue weighted by Gasteiger charge is 2.27. The molecule has 1 saturated carbocycles. The van der Waals surface area contributed by atoms with Gasteiger partial charge in [-0.05, 0) is 64.3 Å². The van der Waals surface area contributed by atoms with Gasteiger partial charge in [0.15, 0.2) is 0 Å². The second kappa shape index (κ2) is 7.78. The highest BCUT2D eigenvalue weighted by molar-refractivity contribution is 5.81. The topological polar surface area (TPSA) is 69.6 Å². The summed E-state index contributed by atoms with van der Waals surface area (Å²) < 4.78 is 0. The van der Waals surface area contributed by atoms with E-state index in [1.165, 1.54) is 6.42 Å². The van der Waals surface area contributed by atoms with E-state index in [-0.39, 0.29) is 17.9 Å². The molecule has 120 valence electrons. The van der Waals surface area contributed by atoms with E-state index in [0.29, 0.717) is 5.92 Å². The van der Waals surface area contributed by atoms with Gasteiger partial charge in [-0.15, -0.1) is 0 Å². The Bertz CT molecular complexity index is 359. The standard InChI is InChI=1S/C16H28N2O3/c1-12(15(19)18-9-3-2-4-10-18)17-11-13-5-7-14(8-6-13)16(20)21/h12-14,17H,2-11H2,1H3,(H,20,21). The molecular weight excluding hydrogens is 268 g/mol. The van der Waals surface area contributed by atoms with E-state index >= 15 is 0 Å². The van der Waals surface area contributed by atoms with Gasteiger partial charge in [0.2, 0.25) is 5.91 Å². The van der Waals surface area contributed by atoms with Gasteiger partial charge in [-0.1, -0.05) is 0 Å². The fourth-order valence-corrected chi connectivity index (χ4v) is 3.43. The molecule has 0 aromatic rings. The van der Waals surface area contributed by atoms with E-state index in [0.717, 1.165) is 58.2 Å². The lowest BCUT2D eigenvalue weighted by Gasteiger charge is -2.31. The van der Waals surface area contributed by atoms with Crippen LogP contribution in [-0.2, 0) is 9.59 Å². The molecule has 1 aliphatic carbocycles. The number of carboxylic acids is 1. The number of nitrogens with one attached hydrogen (secondary N) is 1.